The van der Waals surface area contributed by atoms with E-state index in [-0.39, 0.29) is 17.2 Å². The van der Waals surface area contributed by atoms with Crippen LogP contribution in [-0.2, 0) is 4.79 Å². The Balaban J connectivity index is 3.05. The van der Waals surface area contributed by atoms with Gasteiger partial charge in [-0.3, -0.25) is 0 Å². The highest BCUT2D eigenvalue weighted by molar-refractivity contribution is 7.47. The summed E-state index contributed by atoms with van der Waals surface area (Å²) in [6, 6.07) is 0. The van der Waals surface area contributed by atoms with Crippen molar-refractivity contribution in [2.24, 2.45) is 5.92 Å². The molecule has 4 N–H and O–H groups in total. The molecule has 0 aromatic carbocycles. The number of allylic oxidation sites excluding steroid dienone is 1. The topological polar surface area (TPSA) is 102 Å². The number of hydrogen-bond acceptors (Lipinski definition) is 4. The van der Waals surface area contributed by atoms with Gasteiger partial charge in [0, 0.05) is 5.71 Å². The van der Waals surface area contributed by atoms with Crippen molar-refractivity contribution in [3.63, 3.8) is 0 Å². The molecular formula is C17H30NO4P. The van der Waals surface area contributed by atoms with Crippen LogP contribution in [0.25, 0.3) is 0 Å². The van der Waals surface area contributed by atoms with Gasteiger partial charge in [-0.25, -0.2) is 4.79 Å². The molecule has 5 nitrogen and oxygen atoms in total. The first kappa shape index (κ1) is 20.3. The summed E-state index contributed by atoms with van der Waals surface area (Å²) in [5.74, 6) is -0.926. The van der Waals surface area contributed by atoms with Crippen molar-refractivity contribution in [3.05, 3.63) is 11.1 Å². The molecule has 6 heteroatoms. The molecule has 1 saturated carbocycles. The van der Waals surface area contributed by atoms with Gasteiger partial charge in [0.05, 0.1) is 11.2 Å². The second-order valence-electron chi connectivity index (χ2n) is 6.44. The van der Waals surface area contributed by atoms with Crippen LogP contribution in [0.2, 0.25) is 0 Å². The quantitative estimate of drug-likeness (QED) is 0.218. The Labute approximate surface area is 140 Å². The first-order valence-corrected chi connectivity index (χ1v) is 9.90. The SMILES string of the molecule is CCCCCC(=N)C(C(C(=O)O)=C(C)C1CCCCC1)P(O)O. The molecule has 1 aliphatic rings. The van der Waals surface area contributed by atoms with E-state index in [0.29, 0.717) is 6.42 Å². The van der Waals surface area contributed by atoms with Crippen LogP contribution in [0.1, 0.15) is 71.6 Å². The minimum atomic E-state index is -2.51. The number of unbranched alkanes of at least 4 members (excludes halogenated alkanes) is 2. The Kier molecular flexibility index (Phi) is 8.96. The third kappa shape index (κ3) is 5.98. The van der Waals surface area contributed by atoms with E-state index in [4.69, 9.17) is 5.41 Å². The van der Waals surface area contributed by atoms with E-state index in [1.165, 1.54) is 6.42 Å². The lowest BCUT2D eigenvalue weighted by Gasteiger charge is -2.28. The molecule has 1 rings (SSSR count). The number of carboxylic acids is 1. The average molecular weight is 343 g/mol. The average Bonchev–Trinajstić information content (AvgIpc) is 2.52. The van der Waals surface area contributed by atoms with E-state index in [0.717, 1.165) is 50.5 Å². The molecule has 23 heavy (non-hydrogen) atoms. The minimum absolute atomic E-state index is 0.0505. The molecule has 0 radical (unpaired) electrons. The Morgan fingerprint density at radius 3 is 2.30 bits per heavy atom. The molecule has 0 aromatic rings. The molecule has 0 bridgehead atoms. The molecule has 1 unspecified atom stereocenters. The number of nitrogens with one attached hydrogen (secondary N) is 1. The van der Waals surface area contributed by atoms with Gasteiger partial charge < -0.3 is 20.3 Å². The smallest absolute Gasteiger partial charge is 0.332 e. The molecule has 0 spiro atoms. The van der Waals surface area contributed by atoms with Crippen LogP contribution in [0.4, 0.5) is 0 Å². The predicted octanol–water partition coefficient (Wildman–Crippen LogP) is 4.23. The third-order valence-corrected chi connectivity index (χ3v) is 5.79. The Bertz CT molecular complexity index is 442. The van der Waals surface area contributed by atoms with Crippen molar-refractivity contribution in [3.8, 4) is 0 Å². The zero-order chi connectivity index (χ0) is 17.4. The molecule has 0 aromatic heterocycles. The summed E-state index contributed by atoms with van der Waals surface area (Å²) in [5, 5.41) is 17.8. The van der Waals surface area contributed by atoms with E-state index in [1.807, 2.05) is 0 Å². The highest BCUT2D eigenvalue weighted by Crippen LogP contribution is 2.42. The molecule has 0 aliphatic heterocycles. The van der Waals surface area contributed by atoms with E-state index in [9.17, 15) is 19.7 Å². The first-order chi connectivity index (χ1) is 10.9. The number of hydrogen-bond donors (Lipinski definition) is 4. The van der Waals surface area contributed by atoms with E-state index >= 15 is 0 Å². The largest absolute Gasteiger partial charge is 0.478 e. The molecule has 132 valence electrons. The number of carboxylic acid groups (broad SMARTS) is 1. The van der Waals surface area contributed by atoms with Crippen LogP contribution in [0.3, 0.4) is 0 Å². The number of carbonyl (C=O) groups is 1. The fourth-order valence-corrected chi connectivity index (χ4v) is 4.34. The normalized spacial score (nSPS) is 18.7. The summed E-state index contributed by atoms with van der Waals surface area (Å²) >= 11 is 0. The molecule has 0 amide bonds. The van der Waals surface area contributed by atoms with Crippen LogP contribution >= 0.6 is 8.38 Å². The molecule has 0 heterocycles. The minimum Gasteiger partial charge on any atom is -0.478 e. The Morgan fingerprint density at radius 2 is 1.83 bits per heavy atom. The van der Waals surface area contributed by atoms with Crippen molar-refractivity contribution in [1.82, 2.24) is 0 Å². The van der Waals surface area contributed by atoms with E-state index in [1.54, 1.807) is 6.92 Å². The summed E-state index contributed by atoms with van der Waals surface area (Å²) < 4.78 is 0. The second kappa shape index (κ2) is 10.2. The van der Waals surface area contributed by atoms with Crippen LogP contribution < -0.4 is 0 Å². The van der Waals surface area contributed by atoms with Crippen LogP contribution in [-0.4, -0.2) is 32.2 Å². The van der Waals surface area contributed by atoms with Gasteiger partial charge in [-0.1, -0.05) is 44.6 Å². The summed E-state index contributed by atoms with van der Waals surface area (Å²) in [6.07, 6.45) is 8.42. The lowest BCUT2D eigenvalue weighted by atomic mass is 9.81. The van der Waals surface area contributed by atoms with Gasteiger partial charge in [-0.15, -0.1) is 0 Å². The molecular weight excluding hydrogens is 313 g/mol. The van der Waals surface area contributed by atoms with Crippen LogP contribution in [0, 0.1) is 11.3 Å². The monoisotopic (exact) mass is 343 g/mol. The molecule has 1 aliphatic carbocycles. The van der Waals surface area contributed by atoms with Crippen molar-refractivity contribution >= 4 is 20.1 Å². The Morgan fingerprint density at radius 1 is 1.22 bits per heavy atom. The van der Waals surface area contributed by atoms with Gasteiger partial charge in [0.15, 0.2) is 8.38 Å². The van der Waals surface area contributed by atoms with E-state index in [2.05, 4.69) is 6.92 Å². The third-order valence-electron chi connectivity index (χ3n) is 4.76. The van der Waals surface area contributed by atoms with Crippen LogP contribution in [0.15, 0.2) is 11.1 Å². The predicted molar refractivity (Wildman–Crippen MR) is 93.9 cm³/mol. The summed E-state index contributed by atoms with van der Waals surface area (Å²) in [6.45, 7) is 3.85. The second-order valence-corrected chi connectivity index (χ2v) is 7.60. The molecule has 0 saturated heterocycles. The number of aliphatic carboxylic acids is 1. The van der Waals surface area contributed by atoms with Crippen molar-refractivity contribution in [1.29, 1.82) is 5.41 Å². The van der Waals surface area contributed by atoms with Crippen LogP contribution in [0.5, 0.6) is 0 Å². The maximum absolute atomic E-state index is 11.8. The van der Waals surface area contributed by atoms with Gasteiger partial charge >= 0.3 is 5.97 Å². The lowest BCUT2D eigenvalue weighted by Crippen LogP contribution is -2.28. The highest BCUT2D eigenvalue weighted by Gasteiger charge is 2.34. The fraction of sp³-hybridized carbons (Fsp3) is 0.765. The Hall–Kier alpha value is -0.770. The van der Waals surface area contributed by atoms with Gasteiger partial charge in [0.25, 0.3) is 0 Å². The zero-order valence-corrected chi connectivity index (χ0v) is 15.1. The van der Waals surface area contributed by atoms with Crippen molar-refractivity contribution in [2.45, 2.75) is 77.3 Å². The first-order valence-electron chi connectivity index (χ1n) is 8.58. The van der Waals surface area contributed by atoms with Gasteiger partial charge in [0.2, 0.25) is 0 Å². The number of rotatable bonds is 9. The summed E-state index contributed by atoms with van der Waals surface area (Å²) in [7, 11) is -2.51. The summed E-state index contributed by atoms with van der Waals surface area (Å²) in [5.41, 5.74) is -0.129. The van der Waals surface area contributed by atoms with Gasteiger partial charge in [-0.05, 0) is 38.5 Å². The van der Waals surface area contributed by atoms with Gasteiger partial charge in [0.1, 0.15) is 0 Å². The van der Waals surface area contributed by atoms with Crippen molar-refractivity contribution in [2.75, 3.05) is 0 Å². The molecule has 1 fully saturated rings. The zero-order valence-electron chi connectivity index (χ0n) is 14.2. The van der Waals surface area contributed by atoms with Crippen molar-refractivity contribution < 1.29 is 19.7 Å². The summed E-state index contributed by atoms with van der Waals surface area (Å²) in [4.78, 5) is 31.4. The lowest BCUT2D eigenvalue weighted by molar-refractivity contribution is -0.132. The van der Waals surface area contributed by atoms with Gasteiger partial charge in [-0.2, -0.15) is 0 Å². The van der Waals surface area contributed by atoms with E-state index < -0.39 is 20.0 Å². The highest BCUT2D eigenvalue weighted by atomic mass is 31.2. The standard InChI is InChI=1S/C17H30NO4P/c1-3-4-6-11-14(18)16(23(21)22)15(17(19)20)12(2)13-9-7-5-8-10-13/h13,16,18,21-22H,3-11H2,1-2H3,(H,19,20). The maximum atomic E-state index is 11.8. The maximum Gasteiger partial charge on any atom is 0.332 e. The fourth-order valence-electron chi connectivity index (χ4n) is 3.39. The molecule has 1 atom stereocenters.